The van der Waals surface area contributed by atoms with Crippen LogP contribution in [0.5, 0.6) is 11.5 Å². The van der Waals surface area contributed by atoms with Gasteiger partial charge in [-0.15, -0.1) is 0 Å². The Hall–Kier alpha value is -3.02. The van der Waals surface area contributed by atoms with E-state index >= 15 is 0 Å². The lowest BCUT2D eigenvalue weighted by Gasteiger charge is -2.28. The van der Waals surface area contributed by atoms with Crippen molar-refractivity contribution >= 4 is 12.1 Å². The fourth-order valence-corrected chi connectivity index (χ4v) is 3.02. The van der Waals surface area contributed by atoms with Gasteiger partial charge in [0.25, 0.3) is 0 Å². The van der Waals surface area contributed by atoms with Crippen LogP contribution in [0.15, 0.2) is 42.5 Å². The van der Waals surface area contributed by atoms with Crippen LogP contribution in [0.2, 0.25) is 0 Å². The van der Waals surface area contributed by atoms with Crippen LogP contribution in [0.4, 0.5) is 4.79 Å². The van der Waals surface area contributed by atoms with Crippen molar-refractivity contribution in [3.8, 4) is 11.5 Å². The molecule has 0 aliphatic rings. The summed E-state index contributed by atoms with van der Waals surface area (Å²) in [4.78, 5) is 24.6. The largest absolute Gasteiger partial charge is 0.507 e. The van der Waals surface area contributed by atoms with Crippen molar-refractivity contribution in [1.82, 2.24) is 5.32 Å². The van der Waals surface area contributed by atoms with Gasteiger partial charge in [-0.1, -0.05) is 71.9 Å². The van der Waals surface area contributed by atoms with Gasteiger partial charge in [0.05, 0.1) is 0 Å². The van der Waals surface area contributed by atoms with Gasteiger partial charge in [0, 0.05) is 11.1 Å². The van der Waals surface area contributed by atoms with E-state index < -0.39 is 18.1 Å². The Morgan fingerprint density at radius 2 is 1.48 bits per heavy atom. The highest BCUT2D eigenvalue weighted by Gasteiger charge is 2.28. The number of aromatic hydroxyl groups is 1. The number of hydrogen-bond acceptors (Lipinski definition) is 5. The van der Waals surface area contributed by atoms with Gasteiger partial charge in [0.15, 0.2) is 0 Å². The van der Waals surface area contributed by atoms with Crippen molar-refractivity contribution in [2.75, 3.05) is 0 Å². The number of ether oxygens (including phenoxy) is 2. The van der Waals surface area contributed by atoms with Crippen molar-refractivity contribution in [3.63, 3.8) is 0 Å². The molecule has 0 saturated carbocycles. The molecule has 6 nitrogen and oxygen atoms in total. The van der Waals surface area contributed by atoms with E-state index in [0.717, 1.165) is 5.56 Å². The molecule has 31 heavy (non-hydrogen) atoms. The maximum atomic E-state index is 12.6. The molecule has 0 bridgehead atoms. The number of esters is 1. The SMILES string of the molecule is CC(NC(=O)OCc1ccccc1)C(=O)Oc1cc(C(C)(C)C)c(O)c(C(C)(C)C)c1. The van der Waals surface area contributed by atoms with Gasteiger partial charge in [0.1, 0.15) is 24.1 Å². The van der Waals surface area contributed by atoms with Crippen LogP contribution in [0.3, 0.4) is 0 Å². The summed E-state index contributed by atoms with van der Waals surface area (Å²) in [7, 11) is 0. The molecule has 0 aromatic heterocycles. The second-order valence-corrected chi connectivity index (χ2v) is 9.72. The Morgan fingerprint density at radius 1 is 0.968 bits per heavy atom. The minimum Gasteiger partial charge on any atom is -0.507 e. The van der Waals surface area contributed by atoms with E-state index in [1.165, 1.54) is 6.92 Å². The molecular weight excluding hydrogens is 394 g/mol. The quantitative estimate of drug-likeness (QED) is 0.506. The standard InChI is InChI=1S/C25H33NO5/c1-16(26-23(29)30-15-17-11-9-8-10-12-17)22(28)31-18-13-19(24(2,3)4)21(27)20(14-18)25(5,6)7/h8-14,16,27H,15H2,1-7H3,(H,26,29). The van der Waals surface area contributed by atoms with E-state index in [1.54, 1.807) is 12.1 Å². The van der Waals surface area contributed by atoms with Crippen LogP contribution in [-0.2, 0) is 27.0 Å². The summed E-state index contributed by atoms with van der Waals surface area (Å²) >= 11 is 0. The number of benzene rings is 2. The molecule has 2 rings (SSSR count). The molecule has 2 N–H and O–H groups in total. The number of rotatable bonds is 5. The molecule has 1 amide bonds. The molecule has 0 aliphatic carbocycles. The highest BCUT2D eigenvalue weighted by Crippen LogP contribution is 2.41. The average molecular weight is 428 g/mol. The van der Waals surface area contributed by atoms with Crippen LogP contribution in [0, 0.1) is 0 Å². The molecule has 2 aromatic rings. The normalized spacial score (nSPS) is 12.7. The summed E-state index contributed by atoms with van der Waals surface area (Å²) in [6.07, 6.45) is -0.704. The van der Waals surface area contributed by atoms with Crippen molar-refractivity contribution in [2.45, 2.75) is 71.9 Å². The van der Waals surface area contributed by atoms with Gasteiger partial charge in [-0.05, 0) is 35.4 Å². The van der Waals surface area contributed by atoms with Crippen LogP contribution in [0.25, 0.3) is 0 Å². The Morgan fingerprint density at radius 3 is 1.97 bits per heavy atom. The number of phenolic OH excluding ortho intramolecular Hbond substituents is 1. The average Bonchev–Trinajstić information content (AvgIpc) is 2.66. The minimum atomic E-state index is -0.909. The Labute approximate surface area is 184 Å². The number of carbonyl (C=O) groups is 2. The van der Waals surface area contributed by atoms with E-state index in [-0.39, 0.29) is 23.2 Å². The van der Waals surface area contributed by atoms with Crippen LogP contribution < -0.4 is 10.1 Å². The Kier molecular flexibility index (Phi) is 7.37. The second-order valence-electron chi connectivity index (χ2n) is 9.72. The van der Waals surface area contributed by atoms with Gasteiger partial charge in [-0.3, -0.25) is 0 Å². The lowest BCUT2D eigenvalue weighted by Crippen LogP contribution is -2.41. The predicted molar refractivity (Wildman–Crippen MR) is 120 cm³/mol. The molecule has 0 fully saturated rings. The molecule has 0 saturated heterocycles. The highest BCUT2D eigenvalue weighted by atomic mass is 16.6. The zero-order valence-electron chi connectivity index (χ0n) is 19.4. The van der Waals surface area contributed by atoms with Gasteiger partial charge in [-0.2, -0.15) is 0 Å². The van der Waals surface area contributed by atoms with Crippen molar-refractivity contribution < 1.29 is 24.2 Å². The van der Waals surface area contributed by atoms with Crippen LogP contribution >= 0.6 is 0 Å². The number of phenols is 1. The third-order valence-corrected chi connectivity index (χ3v) is 4.82. The van der Waals surface area contributed by atoms with Gasteiger partial charge < -0.3 is 19.9 Å². The fraction of sp³-hybridized carbons (Fsp3) is 0.440. The topological polar surface area (TPSA) is 84.9 Å². The van der Waals surface area contributed by atoms with E-state index in [2.05, 4.69) is 5.32 Å². The Balaban J connectivity index is 2.10. The first kappa shape index (κ1) is 24.3. The minimum absolute atomic E-state index is 0.107. The smallest absolute Gasteiger partial charge is 0.408 e. The first-order chi connectivity index (χ1) is 14.3. The summed E-state index contributed by atoms with van der Waals surface area (Å²) in [5.41, 5.74) is 1.52. The van der Waals surface area contributed by atoms with E-state index in [1.807, 2.05) is 71.9 Å². The number of carbonyl (C=O) groups excluding carboxylic acids is 2. The van der Waals surface area contributed by atoms with Crippen molar-refractivity contribution in [2.24, 2.45) is 0 Å². The zero-order valence-corrected chi connectivity index (χ0v) is 19.4. The molecule has 6 heteroatoms. The van der Waals surface area contributed by atoms with E-state index in [0.29, 0.717) is 16.9 Å². The maximum Gasteiger partial charge on any atom is 0.408 e. The molecule has 2 aromatic carbocycles. The first-order valence-corrected chi connectivity index (χ1v) is 10.4. The molecule has 0 aliphatic heterocycles. The third kappa shape index (κ3) is 6.74. The van der Waals surface area contributed by atoms with E-state index in [9.17, 15) is 14.7 Å². The number of amides is 1. The lowest BCUT2D eigenvalue weighted by molar-refractivity contribution is -0.136. The fourth-order valence-electron chi connectivity index (χ4n) is 3.02. The molecule has 0 radical (unpaired) electrons. The Bertz CT molecular complexity index is 888. The first-order valence-electron chi connectivity index (χ1n) is 10.4. The van der Waals surface area contributed by atoms with Gasteiger partial charge in [0.2, 0.25) is 0 Å². The van der Waals surface area contributed by atoms with Crippen molar-refractivity contribution in [1.29, 1.82) is 0 Å². The van der Waals surface area contributed by atoms with Gasteiger partial charge in [-0.25, -0.2) is 9.59 Å². The lowest BCUT2D eigenvalue weighted by atomic mass is 9.79. The monoisotopic (exact) mass is 427 g/mol. The summed E-state index contributed by atoms with van der Waals surface area (Å²) in [5, 5.41) is 13.3. The maximum absolute atomic E-state index is 12.6. The summed E-state index contributed by atoms with van der Waals surface area (Å²) in [6.45, 7) is 13.5. The highest BCUT2D eigenvalue weighted by molar-refractivity contribution is 5.82. The van der Waals surface area contributed by atoms with Gasteiger partial charge >= 0.3 is 12.1 Å². The molecule has 0 heterocycles. The van der Waals surface area contributed by atoms with Crippen LogP contribution in [-0.4, -0.2) is 23.2 Å². The molecule has 1 atom stereocenters. The number of alkyl carbamates (subject to hydrolysis) is 1. The van der Waals surface area contributed by atoms with E-state index in [4.69, 9.17) is 9.47 Å². The molecule has 168 valence electrons. The van der Waals surface area contributed by atoms with Crippen molar-refractivity contribution in [3.05, 3.63) is 59.2 Å². The third-order valence-electron chi connectivity index (χ3n) is 4.82. The number of hydrogen-bond donors (Lipinski definition) is 2. The molecule has 1 unspecified atom stereocenters. The molecule has 0 spiro atoms. The summed E-state index contributed by atoms with van der Waals surface area (Å²) in [6, 6.07) is 11.7. The second kappa shape index (κ2) is 9.41. The number of nitrogens with one attached hydrogen (secondary N) is 1. The zero-order chi connectivity index (χ0) is 23.4. The predicted octanol–water partition coefficient (Wildman–Crippen LogP) is 5.21. The van der Waals surface area contributed by atoms with Crippen LogP contribution in [0.1, 0.15) is 65.2 Å². The summed E-state index contributed by atoms with van der Waals surface area (Å²) in [5.74, 6) is -0.0958. The summed E-state index contributed by atoms with van der Waals surface area (Å²) < 4.78 is 10.7. The molecular formula is C25H33NO5.